The summed E-state index contributed by atoms with van der Waals surface area (Å²) >= 11 is 7.90. The van der Waals surface area contributed by atoms with Crippen molar-refractivity contribution in [3.63, 3.8) is 0 Å². The summed E-state index contributed by atoms with van der Waals surface area (Å²) in [6.45, 7) is 2.15. The standard InChI is InChI=1S/C13H13NO3S3/c1-2-5-17-11(15)8-14-12(16)10(20-13(14)18)7-9-4-3-6-19-9/h3-4,6-7H,2,5,8H2,1H3/b10-7+. The SMILES string of the molecule is CCCOC(=O)CN1C(=O)/C(=C\c2cccs2)SC1=S. The van der Waals surface area contributed by atoms with Crippen LogP contribution in [-0.2, 0) is 14.3 Å². The lowest BCUT2D eigenvalue weighted by Gasteiger charge is -2.13. The summed E-state index contributed by atoms with van der Waals surface area (Å²) in [5.41, 5.74) is 0. The van der Waals surface area contributed by atoms with Crippen molar-refractivity contribution < 1.29 is 14.3 Å². The smallest absolute Gasteiger partial charge is 0.326 e. The maximum atomic E-state index is 12.2. The average molecular weight is 327 g/mol. The second-order valence-electron chi connectivity index (χ2n) is 4.00. The second-order valence-corrected chi connectivity index (χ2v) is 6.66. The van der Waals surface area contributed by atoms with Gasteiger partial charge in [0, 0.05) is 4.88 Å². The van der Waals surface area contributed by atoms with Crippen molar-refractivity contribution in [1.29, 1.82) is 0 Å². The number of carbonyl (C=O) groups is 2. The highest BCUT2D eigenvalue weighted by molar-refractivity contribution is 8.26. The van der Waals surface area contributed by atoms with Crippen LogP contribution in [0.15, 0.2) is 22.4 Å². The third kappa shape index (κ3) is 3.68. The van der Waals surface area contributed by atoms with Crippen LogP contribution >= 0.6 is 35.3 Å². The average Bonchev–Trinajstić information content (AvgIpc) is 3.01. The van der Waals surface area contributed by atoms with Gasteiger partial charge >= 0.3 is 5.97 Å². The zero-order chi connectivity index (χ0) is 14.5. The number of amides is 1. The Bertz CT molecular complexity index is 551. The molecule has 106 valence electrons. The fourth-order valence-corrected chi connectivity index (χ4v) is 3.51. The van der Waals surface area contributed by atoms with Crippen molar-refractivity contribution in [1.82, 2.24) is 4.90 Å². The quantitative estimate of drug-likeness (QED) is 0.473. The van der Waals surface area contributed by atoms with Crippen LogP contribution in [0, 0.1) is 0 Å². The van der Waals surface area contributed by atoms with Crippen LogP contribution in [0.1, 0.15) is 18.2 Å². The Balaban J connectivity index is 2.04. The van der Waals surface area contributed by atoms with E-state index in [2.05, 4.69) is 0 Å². The van der Waals surface area contributed by atoms with Gasteiger partial charge < -0.3 is 4.74 Å². The first-order chi connectivity index (χ1) is 9.61. The van der Waals surface area contributed by atoms with E-state index >= 15 is 0 Å². The molecular weight excluding hydrogens is 314 g/mol. The molecule has 0 bridgehead atoms. The highest BCUT2D eigenvalue weighted by Crippen LogP contribution is 2.33. The molecule has 0 aromatic carbocycles. The van der Waals surface area contributed by atoms with Crippen LogP contribution in [0.3, 0.4) is 0 Å². The summed E-state index contributed by atoms with van der Waals surface area (Å²) in [4.78, 5) is 26.6. The minimum absolute atomic E-state index is 0.119. The maximum Gasteiger partial charge on any atom is 0.326 e. The third-order valence-corrected chi connectivity index (χ3v) is 4.64. The highest BCUT2D eigenvalue weighted by atomic mass is 32.2. The van der Waals surface area contributed by atoms with Gasteiger partial charge in [0.2, 0.25) is 0 Å². The van der Waals surface area contributed by atoms with Crippen molar-refractivity contribution in [3.05, 3.63) is 27.3 Å². The Hall–Kier alpha value is -1.18. The molecule has 1 aliphatic rings. The van der Waals surface area contributed by atoms with Gasteiger partial charge in [0.25, 0.3) is 5.91 Å². The number of rotatable bonds is 5. The van der Waals surface area contributed by atoms with Crippen molar-refractivity contribution in [2.75, 3.05) is 13.2 Å². The fourth-order valence-electron chi connectivity index (χ4n) is 1.53. The summed E-state index contributed by atoms with van der Waals surface area (Å²) in [5.74, 6) is -0.664. The van der Waals surface area contributed by atoms with Crippen LogP contribution in [0.4, 0.5) is 0 Å². The highest BCUT2D eigenvalue weighted by Gasteiger charge is 2.33. The van der Waals surface area contributed by atoms with Gasteiger partial charge in [0.1, 0.15) is 10.9 Å². The predicted molar refractivity (Wildman–Crippen MR) is 85.4 cm³/mol. The summed E-state index contributed by atoms with van der Waals surface area (Å²) in [5, 5.41) is 1.94. The molecule has 0 atom stereocenters. The Kier molecular flexibility index (Phi) is 5.33. The Morgan fingerprint density at radius 3 is 3.00 bits per heavy atom. The van der Waals surface area contributed by atoms with Gasteiger partial charge in [-0.25, -0.2) is 0 Å². The molecule has 0 aliphatic carbocycles. The first-order valence-electron chi connectivity index (χ1n) is 6.06. The van der Waals surface area contributed by atoms with Gasteiger partial charge in [-0.15, -0.1) is 11.3 Å². The Morgan fingerprint density at radius 1 is 1.55 bits per heavy atom. The zero-order valence-electron chi connectivity index (χ0n) is 10.8. The number of ether oxygens (including phenoxy) is 1. The molecule has 0 spiro atoms. The monoisotopic (exact) mass is 327 g/mol. The molecule has 1 amide bonds. The van der Waals surface area contributed by atoms with Crippen LogP contribution in [0.5, 0.6) is 0 Å². The van der Waals surface area contributed by atoms with Crippen molar-refractivity contribution in [3.8, 4) is 0 Å². The largest absolute Gasteiger partial charge is 0.464 e. The molecule has 4 nitrogen and oxygen atoms in total. The number of nitrogens with zero attached hydrogens (tertiary/aromatic N) is 1. The van der Waals surface area contributed by atoms with Crippen molar-refractivity contribution in [2.24, 2.45) is 0 Å². The van der Waals surface area contributed by atoms with E-state index in [1.165, 1.54) is 16.7 Å². The maximum absolute atomic E-state index is 12.2. The number of thiophene rings is 1. The molecule has 1 fully saturated rings. The molecule has 20 heavy (non-hydrogen) atoms. The molecule has 2 rings (SSSR count). The summed E-state index contributed by atoms with van der Waals surface area (Å²) in [6.07, 6.45) is 2.55. The number of esters is 1. The van der Waals surface area contributed by atoms with Crippen LogP contribution in [0.25, 0.3) is 6.08 Å². The van der Waals surface area contributed by atoms with Gasteiger partial charge in [0.05, 0.1) is 11.5 Å². The van der Waals surface area contributed by atoms with Crippen LogP contribution in [0.2, 0.25) is 0 Å². The Morgan fingerprint density at radius 2 is 2.35 bits per heavy atom. The van der Waals surface area contributed by atoms with Gasteiger partial charge in [-0.1, -0.05) is 37.0 Å². The predicted octanol–water partition coefficient (Wildman–Crippen LogP) is 2.90. The molecule has 0 radical (unpaired) electrons. The van der Waals surface area contributed by atoms with Gasteiger partial charge in [0.15, 0.2) is 0 Å². The van der Waals surface area contributed by atoms with E-state index in [9.17, 15) is 9.59 Å². The molecule has 1 aromatic rings. The third-order valence-electron chi connectivity index (χ3n) is 2.44. The molecule has 1 aromatic heterocycles. The summed E-state index contributed by atoms with van der Waals surface area (Å²) in [6, 6.07) is 3.84. The minimum atomic E-state index is -0.430. The molecule has 7 heteroatoms. The lowest BCUT2D eigenvalue weighted by molar-refractivity contribution is -0.146. The van der Waals surface area contributed by atoms with E-state index in [0.29, 0.717) is 15.8 Å². The van der Waals surface area contributed by atoms with Gasteiger partial charge in [-0.3, -0.25) is 14.5 Å². The molecule has 1 aliphatic heterocycles. The zero-order valence-corrected chi connectivity index (χ0v) is 13.3. The first kappa shape index (κ1) is 15.2. The van der Waals surface area contributed by atoms with Crippen LogP contribution < -0.4 is 0 Å². The van der Waals surface area contributed by atoms with Gasteiger partial charge in [-0.2, -0.15) is 0 Å². The minimum Gasteiger partial charge on any atom is -0.464 e. The number of hydrogen-bond donors (Lipinski definition) is 0. The van der Waals surface area contributed by atoms with Gasteiger partial charge in [-0.05, 0) is 23.9 Å². The molecule has 2 heterocycles. The van der Waals surface area contributed by atoms with E-state index in [0.717, 1.165) is 11.3 Å². The molecule has 0 unspecified atom stereocenters. The molecule has 1 saturated heterocycles. The Labute approximate surface area is 130 Å². The van der Waals surface area contributed by atoms with Crippen molar-refractivity contribution >= 4 is 57.6 Å². The number of thiocarbonyl (C=S) groups is 1. The number of thioether (sulfide) groups is 1. The van der Waals surface area contributed by atoms with E-state index < -0.39 is 5.97 Å². The molecular formula is C13H13NO3S3. The number of carbonyl (C=O) groups excluding carboxylic acids is 2. The lowest BCUT2D eigenvalue weighted by atomic mass is 10.3. The summed E-state index contributed by atoms with van der Waals surface area (Å²) in [7, 11) is 0. The van der Waals surface area contributed by atoms with Crippen molar-refractivity contribution in [2.45, 2.75) is 13.3 Å². The fraction of sp³-hybridized carbons (Fsp3) is 0.308. The molecule has 0 saturated carbocycles. The van der Waals surface area contributed by atoms with E-state index in [1.807, 2.05) is 24.4 Å². The topological polar surface area (TPSA) is 46.6 Å². The summed E-state index contributed by atoms with van der Waals surface area (Å²) < 4.78 is 5.37. The second kappa shape index (κ2) is 7.01. The lowest BCUT2D eigenvalue weighted by Crippen LogP contribution is -2.34. The van der Waals surface area contributed by atoms with E-state index in [4.69, 9.17) is 17.0 Å². The first-order valence-corrected chi connectivity index (χ1v) is 8.16. The van der Waals surface area contributed by atoms with E-state index in [-0.39, 0.29) is 12.5 Å². The molecule has 0 N–H and O–H groups in total. The van der Waals surface area contributed by atoms with E-state index in [1.54, 1.807) is 17.4 Å². The normalized spacial score (nSPS) is 17.1. The van der Waals surface area contributed by atoms with Crippen LogP contribution in [-0.4, -0.2) is 34.2 Å². The number of hydrogen-bond acceptors (Lipinski definition) is 6.